The number of rotatable bonds is 1. The van der Waals surface area contributed by atoms with E-state index in [0.29, 0.717) is 0 Å². The second kappa shape index (κ2) is 2.80. The molecule has 1 heterocycles. The maximum atomic E-state index is 5.25. The van der Waals surface area contributed by atoms with Gasteiger partial charge in [0.2, 0.25) is 0 Å². The highest BCUT2D eigenvalue weighted by molar-refractivity contribution is 5.85. The highest BCUT2D eigenvalue weighted by Gasteiger charge is 2.04. The minimum Gasteiger partial charge on any atom is -0.496 e. The summed E-state index contributed by atoms with van der Waals surface area (Å²) in [6.07, 6.45) is 2.07. The van der Waals surface area contributed by atoms with Crippen molar-refractivity contribution < 1.29 is 4.74 Å². The third kappa shape index (κ3) is 1.10. The van der Waals surface area contributed by atoms with Gasteiger partial charge >= 0.3 is 0 Å². The van der Waals surface area contributed by atoms with Gasteiger partial charge < -0.3 is 9.30 Å². The molecule has 0 atom stereocenters. The molecule has 0 aliphatic carbocycles. The number of aromatic nitrogens is 1. The lowest BCUT2D eigenvalue weighted by atomic mass is 10.1. The zero-order valence-electron chi connectivity index (χ0n) is 8.16. The molecule has 0 unspecified atom stereocenters. The highest BCUT2D eigenvalue weighted by atomic mass is 16.5. The second-order valence-corrected chi connectivity index (χ2v) is 3.25. The molecule has 13 heavy (non-hydrogen) atoms. The minimum absolute atomic E-state index is 0.957. The molecular weight excluding hydrogens is 162 g/mol. The van der Waals surface area contributed by atoms with Crippen molar-refractivity contribution in [3.8, 4) is 5.75 Å². The van der Waals surface area contributed by atoms with E-state index in [1.807, 2.05) is 13.1 Å². The summed E-state index contributed by atoms with van der Waals surface area (Å²) in [5.74, 6) is 0.957. The van der Waals surface area contributed by atoms with Crippen LogP contribution in [0.15, 0.2) is 24.4 Å². The topological polar surface area (TPSA) is 14.2 Å². The van der Waals surface area contributed by atoms with Gasteiger partial charge in [-0.1, -0.05) is 0 Å². The van der Waals surface area contributed by atoms with E-state index in [4.69, 9.17) is 4.74 Å². The average molecular weight is 175 g/mol. The Morgan fingerprint density at radius 1 is 1.23 bits per heavy atom. The van der Waals surface area contributed by atoms with Crippen molar-refractivity contribution in [3.63, 3.8) is 0 Å². The van der Waals surface area contributed by atoms with Gasteiger partial charge in [-0.3, -0.25) is 0 Å². The van der Waals surface area contributed by atoms with Crippen LogP contribution < -0.4 is 4.74 Å². The summed E-state index contributed by atoms with van der Waals surface area (Å²) in [6, 6.07) is 6.21. The Bertz CT molecular complexity index is 443. The smallest absolute Gasteiger partial charge is 0.122 e. The average Bonchev–Trinajstić information content (AvgIpc) is 2.50. The molecule has 0 fully saturated rings. The molecule has 0 radical (unpaired) electrons. The lowest BCUT2D eigenvalue weighted by Gasteiger charge is -2.05. The summed E-state index contributed by atoms with van der Waals surface area (Å²) in [6.45, 7) is 2.08. The van der Waals surface area contributed by atoms with E-state index in [1.54, 1.807) is 7.11 Å². The molecule has 0 bridgehead atoms. The molecule has 2 nitrogen and oxygen atoms in total. The summed E-state index contributed by atoms with van der Waals surface area (Å²) < 4.78 is 7.37. The van der Waals surface area contributed by atoms with Gasteiger partial charge in [-0.05, 0) is 25.1 Å². The van der Waals surface area contributed by atoms with E-state index in [-0.39, 0.29) is 0 Å². The van der Waals surface area contributed by atoms with Gasteiger partial charge in [0, 0.05) is 29.7 Å². The molecule has 0 aliphatic rings. The number of aryl methyl sites for hydroxylation is 2. The number of hydrogen-bond acceptors (Lipinski definition) is 1. The minimum atomic E-state index is 0.957. The van der Waals surface area contributed by atoms with Crippen LogP contribution in [0, 0.1) is 6.92 Å². The van der Waals surface area contributed by atoms with Crippen LogP contribution in [0.25, 0.3) is 10.9 Å². The van der Waals surface area contributed by atoms with Gasteiger partial charge in [-0.15, -0.1) is 0 Å². The molecule has 2 aromatic rings. The van der Waals surface area contributed by atoms with Crippen molar-refractivity contribution in [2.75, 3.05) is 7.11 Å². The first-order valence-corrected chi connectivity index (χ1v) is 4.32. The van der Waals surface area contributed by atoms with Crippen molar-refractivity contribution in [1.29, 1.82) is 0 Å². The molecular formula is C11H13NO. The van der Waals surface area contributed by atoms with Crippen LogP contribution in [-0.4, -0.2) is 11.7 Å². The number of fused-ring (bicyclic) bond motifs is 1. The van der Waals surface area contributed by atoms with Crippen molar-refractivity contribution in [3.05, 3.63) is 30.0 Å². The Morgan fingerprint density at radius 3 is 2.69 bits per heavy atom. The van der Waals surface area contributed by atoms with Crippen LogP contribution >= 0.6 is 0 Å². The molecule has 0 aliphatic heterocycles. The van der Waals surface area contributed by atoms with E-state index in [2.05, 4.69) is 29.8 Å². The van der Waals surface area contributed by atoms with Gasteiger partial charge in [0.05, 0.1) is 7.11 Å². The Morgan fingerprint density at radius 2 is 2.00 bits per heavy atom. The zero-order chi connectivity index (χ0) is 9.42. The molecule has 2 rings (SSSR count). The van der Waals surface area contributed by atoms with Gasteiger partial charge in [-0.2, -0.15) is 0 Å². The molecule has 1 aromatic heterocycles. The van der Waals surface area contributed by atoms with E-state index in [0.717, 1.165) is 5.75 Å². The van der Waals surface area contributed by atoms with Crippen LogP contribution in [0.1, 0.15) is 5.56 Å². The van der Waals surface area contributed by atoms with E-state index in [1.165, 1.54) is 16.5 Å². The summed E-state index contributed by atoms with van der Waals surface area (Å²) in [7, 11) is 3.76. The molecule has 0 amide bonds. The van der Waals surface area contributed by atoms with Gasteiger partial charge in [-0.25, -0.2) is 0 Å². The zero-order valence-corrected chi connectivity index (χ0v) is 8.16. The lowest BCUT2D eigenvalue weighted by Crippen LogP contribution is -1.89. The fourth-order valence-electron chi connectivity index (χ4n) is 1.70. The summed E-state index contributed by atoms with van der Waals surface area (Å²) >= 11 is 0. The first-order chi connectivity index (χ1) is 6.24. The normalized spacial score (nSPS) is 10.7. The summed E-state index contributed by atoms with van der Waals surface area (Å²) in [4.78, 5) is 0. The largest absolute Gasteiger partial charge is 0.496 e. The number of benzene rings is 1. The molecule has 68 valence electrons. The quantitative estimate of drug-likeness (QED) is 0.649. The van der Waals surface area contributed by atoms with Crippen molar-refractivity contribution in [1.82, 2.24) is 4.57 Å². The maximum absolute atomic E-state index is 5.25. The third-order valence-corrected chi connectivity index (χ3v) is 2.51. The first kappa shape index (κ1) is 8.17. The number of methoxy groups -OCH3 is 1. The fraction of sp³-hybridized carbons (Fsp3) is 0.273. The number of nitrogens with zero attached hydrogens (tertiary/aromatic N) is 1. The summed E-state index contributed by atoms with van der Waals surface area (Å²) in [5, 5.41) is 1.27. The Kier molecular flexibility index (Phi) is 1.76. The predicted octanol–water partition coefficient (Wildman–Crippen LogP) is 2.50. The van der Waals surface area contributed by atoms with E-state index < -0.39 is 0 Å². The highest BCUT2D eigenvalue weighted by Crippen LogP contribution is 2.27. The van der Waals surface area contributed by atoms with Crippen LogP contribution in [0.4, 0.5) is 0 Å². The van der Waals surface area contributed by atoms with Crippen molar-refractivity contribution in [2.24, 2.45) is 7.05 Å². The monoisotopic (exact) mass is 175 g/mol. The molecule has 0 saturated carbocycles. The van der Waals surface area contributed by atoms with Gasteiger partial charge in [0.25, 0.3) is 0 Å². The van der Waals surface area contributed by atoms with Crippen LogP contribution in [0.3, 0.4) is 0 Å². The molecule has 2 heteroatoms. The van der Waals surface area contributed by atoms with E-state index in [9.17, 15) is 0 Å². The first-order valence-electron chi connectivity index (χ1n) is 4.32. The maximum Gasteiger partial charge on any atom is 0.122 e. The Hall–Kier alpha value is -1.44. The van der Waals surface area contributed by atoms with E-state index >= 15 is 0 Å². The van der Waals surface area contributed by atoms with Gasteiger partial charge in [0.1, 0.15) is 5.75 Å². The fourth-order valence-corrected chi connectivity index (χ4v) is 1.70. The molecule has 0 saturated heterocycles. The van der Waals surface area contributed by atoms with Crippen LogP contribution in [-0.2, 0) is 7.05 Å². The van der Waals surface area contributed by atoms with Crippen LogP contribution in [0.2, 0.25) is 0 Å². The second-order valence-electron chi connectivity index (χ2n) is 3.25. The Balaban J connectivity index is 2.80. The van der Waals surface area contributed by atoms with Gasteiger partial charge in [0.15, 0.2) is 0 Å². The standard InChI is InChI=1S/C11H13NO/c1-8-9-6-7-12(2)10(9)4-5-11(8)13-3/h4-7H,1-3H3. The lowest BCUT2D eigenvalue weighted by molar-refractivity contribution is 0.412. The molecule has 0 N–H and O–H groups in total. The number of ether oxygens (including phenoxy) is 1. The SMILES string of the molecule is COc1ccc2c(ccn2C)c1C. The van der Waals surface area contributed by atoms with Crippen LogP contribution in [0.5, 0.6) is 5.75 Å². The summed E-state index contributed by atoms with van der Waals surface area (Å²) in [5.41, 5.74) is 2.46. The predicted molar refractivity (Wildman–Crippen MR) is 54.2 cm³/mol. The molecule has 0 spiro atoms. The third-order valence-electron chi connectivity index (χ3n) is 2.51. The van der Waals surface area contributed by atoms with Crippen molar-refractivity contribution >= 4 is 10.9 Å². The number of hydrogen-bond donors (Lipinski definition) is 0. The molecule has 1 aromatic carbocycles. The Labute approximate surface area is 77.7 Å². The van der Waals surface area contributed by atoms with Crippen molar-refractivity contribution in [2.45, 2.75) is 6.92 Å².